The second-order valence-corrected chi connectivity index (χ2v) is 6.22. The standard InChI is InChI=1S/C21H21N5O/c1-2-22-19-9-5-10-23-21(19)25-11-6-12-26(17(14-25)15-27)20-13-16-7-3-4-8-18(16)24-20/h3-11,13-15,22,24H,2,12H2,1H3. The zero-order valence-electron chi connectivity index (χ0n) is 15.1. The van der Waals surface area contributed by atoms with E-state index in [1.807, 2.05) is 65.5 Å². The average Bonchev–Trinajstić information content (AvgIpc) is 3.01. The van der Waals surface area contributed by atoms with Gasteiger partial charge >= 0.3 is 0 Å². The van der Waals surface area contributed by atoms with Gasteiger partial charge in [0.05, 0.1) is 11.4 Å². The number of hydrogen-bond donors (Lipinski definition) is 2. The molecule has 0 fully saturated rings. The Balaban J connectivity index is 1.73. The molecule has 4 rings (SSSR count). The molecule has 0 aliphatic carbocycles. The van der Waals surface area contributed by atoms with Gasteiger partial charge in [0.2, 0.25) is 0 Å². The fourth-order valence-corrected chi connectivity index (χ4v) is 3.22. The highest BCUT2D eigenvalue weighted by molar-refractivity contribution is 5.88. The largest absolute Gasteiger partial charge is 0.382 e. The number of aldehydes is 1. The Bertz CT molecular complexity index is 987. The van der Waals surface area contributed by atoms with Gasteiger partial charge in [-0.3, -0.25) is 4.79 Å². The molecule has 6 heteroatoms. The molecule has 3 heterocycles. The van der Waals surface area contributed by atoms with E-state index < -0.39 is 0 Å². The molecule has 0 saturated heterocycles. The number of carbonyl (C=O) groups excluding carboxylic acids is 1. The third kappa shape index (κ3) is 3.29. The van der Waals surface area contributed by atoms with Crippen molar-refractivity contribution in [2.75, 3.05) is 28.2 Å². The Morgan fingerprint density at radius 3 is 2.96 bits per heavy atom. The molecule has 3 aromatic rings. The van der Waals surface area contributed by atoms with Crippen molar-refractivity contribution in [2.24, 2.45) is 0 Å². The topological polar surface area (TPSA) is 64.3 Å². The van der Waals surface area contributed by atoms with Crippen LogP contribution >= 0.6 is 0 Å². The molecule has 1 aliphatic heterocycles. The number of aromatic nitrogens is 2. The molecule has 2 N–H and O–H groups in total. The minimum absolute atomic E-state index is 0.555. The fourth-order valence-electron chi connectivity index (χ4n) is 3.22. The maximum atomic E-state index is 11.9. The van der Waals surface area contributed by atoms with Crippen LogP contribution in [0.5, 0.6) is 0 Å². The van der Waals surface area contributed by atoms with Gasteiger partial charge in [0.15, 0.2) is 12.1 Å². The molecule has 6 nitrogen and oxygen atoms in total. The second kappa shape index (κ2) is 7.37. The predicted octanol–water partition coefficient (Wildman–Crippen LogP) is 3.88. The lowest BCUT2D eigenvalue weighted by Crippen LogP contribution is -2.24. The minimum Gasteiger partial charge on any atom is -0.382 e. The number of allylic oxidation sites excluding steroid dienone is 1. The van der Waals surface area contributed by atoms with Gasteiger partial charge in [0, 0.05) is 42.6 Å². The minimum atomic E-state index is 0.555. The number of benzene rings is 1. The zero-order chi connectivity index (χ0) is 18.6. The first-order valence-electron chi connectivity index (χ1n) is 8.96. The molecule has 27 heavy (non-hydrogen) atoms. The van der Waals surface area contributed by atoms with E-state index in [-0.39, 0.29) is 0 Å². The molecular weight excluding hydrogens is 338 g/mol. The molecule has 1 aromatic carbocycles. The molecule has 0 unspecified atom stereocenters. The van der Waals surface area contributed by atoms with E-state index in [0.717, 1.165) is 41.1 Å². The van der Waals surface area contributed by atoms with Crippen LogP contribution in [0.15, 0.2) is 72.8 Å². The van der Waals surface area contributed by atoms with Crippen LogP contribution in [-0.2, 0) is 4.79 Å². The number of pyridine rings is 1. The van der Waals surface area contributed by atoms with E-state index in [1.165, 1.54) is 0 Å². The first-order valence-corrected chi connectivity index (χ1v) is 8.96. The summed E-state index contributed by atoms with van der Waals surface area (Å²) >= 11 is 0. The summed E-state index contributed by atoms with van der Waals surface area (Å²) < 4.78 is 0. The van der Waals surface area contributed by atoms with Crippen molar-refractivity contribution in [3.8, 4) is 0 Å². The highest BCUT2D eigenvalue weighted by Crippen LogP contribution is 2.28. The molecule has 0 saturated carbocycles. The van der Waals surface area contributed by atoms with Gasteiger partial charge in [-0.15, -0.1) is 0 Å². The quantitative estimate of drug-likeness (QED) is 0.677. The monoisotopic (exact) mass is 359 g/mol. The SMILES string of the molecule is CCNc1cccnc1N1C=CCN(c2cc3ccccc3[nH]2)C(C=O)=C1. The summed E-state index contributed by atoms with van der Waals surface area (Å²) in [5, 5.41) is 4.42. The summed E-state index contributed by atoms with van der Waals surface area (Å²) in [6, 6.07) is 14.0. The molecule has 1 aliphatic rings. The third-order valence-corrected chi connectivity index (χ3v) is 4.46. The molecule has 0 bridgehead atoms. The van der Waals surface area contributed by atoms with E-state index in [9.17, 15) is 4.79 Å². The van der Waals surface area contributed by atoms with Crippen LogP contribution in [0.25, 0.3) is 10.9 Å². The van der Waals surface area contributed by atoms with Crippen LogP contribution < -0.4 is 15.1 Å². The van der Waals surface area contributed by atoms with Gasteiger partial charge in [0.1, 0.15) is 5.82 Å². The maximum absolute atomic E-state index is 11.9. The number of hydrogen-bond acceptors (Lipinski definition) is 5. The summed E-state index contributed by atoms with van der Waals surface area (Å²) in [6.07, 6.45) is 8.39. The second-order valence-electron chi connectivity index (χ2n) is 6.22. The smallest absolute Gasteiger partial charge is 0.168 e. The average molecular weight is 359 g/mol. The highest BCUT2D eigenvalue weighted by Gasteiger charge is 2.18. The van der Waals surface area contributed by atoms with Crippen LogP contribution in [-0.4, -0.2) is 29.3 Å². The van der Waals surface area contributed by atoms with E-state index in [1.54, 1.807) is 6.20 Å². The number of rotatable bonds is 5. The van der Waals surface area contributed by atoms with E-state index >= 15 is 0 Å². The van der Waals surface area contributed by atoms with Crippen LogP contribution in [0.4, 0.5) is 17.3 Å². The summed E-state index contributed by atoms with van der Waals surface area (Å²) in [7, 11) is 0. The normalized spacial score (nSPS) is 14.2. The number of H-pyrrole nitrogens is 1. The molecule has 0 atom stereocenters. The summed E-state index contributed by atoms with van der Waals surface area (Å²) in [5.41, 5.74) is 2.52. The molecule has 0 radical (unpaired) electrons. The number of fused-ring (bicyclic) bond motifs is 1. The van der Waals surface area contributed by atoms with Gasteiger partial charge in [0.25, 0.3) is 0 Å². The van der Waals surface area contributed by atoms with Crippen molar-refractivity contribution in [3.63, 3.8) is 0 Å². The number of carbonyl (C=O) groups is 1. The van der Waals surface area contributed by atoms with Crippen molar-refractivity contribution >= 4 is 34.5 Å². The lowest BCUT2D eigenvalue weighted by atomic mass is 10.2. The lowest BCUT2D eigenvalue weighted by molar-refractivity contribution is -0.105. The van der Waals surface area contributed by atoms with E-state index in [0.29, 0.717) is 12.2 Å². The van der Waals surface area contributed by atoms with Gasteiger partial charge in [-0.25, -0.2) is 4.98 Å². The first kappa shape index (κ1) is 16.9. The fraction of sp³-hybridized carbons (Fsp3) is 0.143. The number of nitrogens with zero attached hydrogens (tertiary/aromatic N) is 3. The van der Waals surface area contributed by atoms with Gasteiger partial charge in [-0.1, -0.05) is 18.2 Å². The van der Waals surface area contributed by atoms with E-state index in [2.05, 4.69) is 27.4 Å². The van der Waals surface area contributed by atoms with Crippen LogP contribution in [0.2, 0.25) is 0 Å². The van der Waals surface area contributed by atoms with E-state index in [4.69, 9.17) is 0 Å². The van der Waals surface area contributed by atoms with Gasteiger partial charge in [-0.2, -0.15) is 0 Å². The summed E-state index contributed by atoms with van der Waals surface area (Å²) in [4.78, 5) is 23.6. The number of nitrogens with one attached hydrogen (secondary N) is 2. The van der Waals surface area contributed by atoms with Gasteiger partial charge in [-0.05, 0) is 37.3 Å². The Hall–Kier alpha value is -3.54. The summed E-state index contributed by atoms with van der Waals surface area (Å²) in [5.74, 6) is 1.64. The molecule has 0 amide bonds. The number of aromatic amines is 1. The Labute approximate surface area is 157 Å². The van der Waals surface area contributed by atoms with Crippen molar-refractivity contribution in [1.82, 2.24) is 9.97 Å². The van der Waals surface area contributed by atoms with Crippen molar-refractivity contribution in [1.29, 1.82) is 0 Å². The molecule has 2 aromatic heterocycles. The van der Waals surface area contributed by atoms with Crippen molar-refractivity contribution in [3.05, 3.63) is 72.8 Å². The maximum Gasteiger partial charge on any atom is 0.168 e. The van der Waals surface area contributed by atoms with Crippen LogP contribution in [0.1, 0.15) is 6.92 Å². The Morgan fingerprint density at radius 1 is 1.26 bits per heavy atom. The number of anilines is 3. The molecule has 136 valence electrons. The zero-order valence-corrected chi connectivity index (χ0v) is 15.1. The molecular formula is C21H21N5O. The number of para-hydroxylation sites is 1. The predicted molar refractivity (Wildman–Crippen MR) is 110 cm³/mol. The van der Waals surface area contributed by atoms with Gasteiger partial charge < -0.3 is 20.1 Å². The van der Waals surface area contributed by atoms with Crippen LogP contribution in [0, 0.1) is 0 Å². The summed E-state index contributed by atoms with van der Waals surface area (Å²) in [6.45, 7) is 3.42. The first-order chi connectivity index (χ1) is 13.3. The van der Waals surface area contributed by atoms with Crippen LogP contribution in [0.3, 0.4) is 0 Å². The van der Waals surface area contributed by atoms with Crippen molar-refractivity contribution in [2.45, 2.75) is 6.92 Å². The molecule has 0 spiro atoms. The lowest BCUT2D eigenvalue weighted by Gasteiger charge is -2.21. The Morgan fingerprint density at radius 2 is 2.15 bits per heavy atom. The third-order valence-electron chi connectivity index (χ3n) is 4.46. The highest BCUT2D eigenvalue weighted by atomic mass is 16.1. The van der Waals surface area contributed by atoms with Crippen molar-refractivity contribution < 1.29 is 4.79 Å². The Kier molecular flexibility index (Phi) is 4.61.